The summed E-state index contributed by atoms with van der Waals surface area (Å²) in [4.78, 5) is 20.6. The number of carboxylic acid groups (broad SMARTS) is 2. The van der Waals surface area contributed by atoms with Gasteiger partial charge < -0.3 is 15.5 Å². The number of aryl methyl sites for hydroxylation is 1. The van der Waals surface area contributed by atoms with Gasteiger partial charge in [0.05, 0.1) is 6.42 Å². The van der Waals surface area contributed by atoms with Gasteiger partial charge in [-0.15, -0.1) is 0 Å². The summed E-state index contributed by atoms with van der Waals surface area (Å²) in [6.07, 6.45) is 3.38. The van der Waals surface area contributed by atoms with Crippen molar-refractivity contribution >= 4 is 23.7 Å². The highest BCUT2D eigenvalue weighted by molar-refractivity contribution is 6.31. The second-order valence-corrected chi connectivity index (χ2v) is 6.40. The summed E-state index contributed by atoms with van der Waals surface area (Å²) in [7, 11) is 0. The molecule has 1 fully saturated rings. The van der Waals surface area contributed by atoms with Crippen molar-refractivity contribution in [1.82, 2.24) is 5.32 Å². The van der Waals surface area contributed by atoms with E-state index in [2.05, 4.69) is 12.2 Å². The zero-order chi connectivity index (χ0) is 17.4. The molecule has 1 aliphatic rings. The van der Waals surface area contributed by atoms with Crippen molar-refractivity contribution < 1.29 is 19.8 Å². The van der Waals surface area contributed by atoms with Gasteiger partial charge in [0.25, 0.3) is 0 Å². The SMILES string of the molecule is Cc1ccc(CC(=O)NC2CCCCC2C)c(Cl)c1.O=C(O)O. The van der Waals surface area contributed by atoms with Crippen LogP contribution in [0.25, 0.3) is 0 Å². The predicted molar refractivity (Wildman–Crippen MR) is 90.1 cm³/mol. The quantitative estimate of drug-likeness (QED) is 0.772. The van der Waals surface area contributed by atoms with Crippen molar-refractivity contribution in [3.63, 3.8) is 0 Å². The molecule has 23 heavy (non-hydrogen) atoms. The van der Waals surface area contributed by atoms with Crippen LogP contribution in [0.2, 0.25) is 5.02 Å². The maximum Gasteiger partial charge on any atom is 0.503 e. The molecule has 1 amide bonds. The Morgan fingerprint density at radius 3 is 2.43 bits per heavy atom. The van der Waals surface area contributed by atoms with Crippen LogP contribution < -0.4 is 5.32 Å². The Bertz CT molecular complexity index is 543. The van der Waals surface area contributed by atoms with Gasteiger partial charge in [0.15, 0.2) is 0 Å². The lowest BCUT2D eigenvalue weighted by Gasteiger charge is -2.29. The van der Waals surface area contributed by atoms with Crippen molar-refractivity contribution in [3.05, 3.63) is 34.3 Å². The molecule has 0 saturated heterocycles. The first kappa shape index (κ1) is 19.3. The molecule has 1 aromatic rings. The Morgan fingerprint density at radius 2 is 1.87 bits per heavy atom. The van der Waals surface area contributed by atoms with Crippen molar-refractivity contribution in [2.45, 2.75) is 52.0 Å². The highest BCUT2D eigenvalue weighted by atomic mass is 35.5. The van der Waals surface area contributed by atoms with Gasteiger partial charge in [0.2, 0.25) is 5.91 Å². The minimum atomic E-state index is -1.83. The first-order valence-corrected chi connectivity index (χ1v) is 8.13. The second-order valence-electron chi connectivity index (χ2n) is 5.99. The van der Waals surface area contributed by atoms with Crippen LogP contribution in [0, 0.1) is 12.8 Å². The number of hydrogen-bond acceptors (Lipinski definition) is 2. The average molecular weight is 342 g/mol. The van der Waals surface area contributed by atoms with E-state index in [1.807, 2.05) is 25.1 Å². The standard InChI is InChI=1S/C16H22ClNO.CH2O3/c1-11-7-8-13(14(17)9-11)10-16(19)18-15-6-4-3-5-12(15)2;2-1(3)4/h7-9,12,15H,3-6,10H2,1-2H3,(H,18,19);(H2,2,3,4). The topological polar surface area (TPSA) is 86.6 Å². The summed E-state index contributed by atoms with van der Waals surface area (Å²) >= 11 is 6.17. The van der Waals surface area contributed by atoms with Gasteiger partial charge in [-0.25, -0.2) is 4.79 Å². The molecule has 5 nitrogen and oxygen atoms in total. The van der Waals surface area contributed by atoms with E-state index in [9.17, 15) is 4.79 Å². The van der Waals surface area contributed by atoms with E-state index >= 15 is 0 Å². The molecule has 3 N–H and O–H groups in total. The van der Waals surface area contributed by atoms with Gasteiger partial charge in [-0.1, -0.05) is 43.5 Å². The van der Waals surface area contributed by atoms with Crippen molar-refractivity contribution in [2.75, 3.05) is 0 Å². The molecule has 2 atom stereocenters. The number of carbonyl (C=O) groups is 2. The lowest BCUT2D eigenvalue weighted by atomic mass is 9.86. The molecule has 1 aromatic carbocycles. The highest BCUT2D eigenvalue weighted by Crippen LogP contribution is 2.24. The molecule has 1 aliphatic carbocycles. The smallest absolute Gasteiger partial charge is 0.450 e. The van der Waals surface area contributed by atoms with Crippen LogP contribution in [0.15, 0.2) is 18.2 Å². The maximum absolute atomic E-state index is 12.1. The van der Waals surface area contributed by atoms with Gasteiger partial charge in [0, 0.05) is 11.1 Å². The second kappa shape index (κ2) is 9.40. The lowest BCUT2D eigenvalue weighted by molar-refractivity contribution is -0.121. The van der Waals surface area contributed by atoms with Crippen molar-refractivity contribution in [1.29, 1.82) is 0 Å². The summed E-state index contributed by atoms with van der Waals surface area (Å²) < 4.78 is 0. The predicted octanol–water partition coefficient (Wildman–Crippen LogP) is 4.11. The van der Waals surface area contributed by atoms with E-state index < -0.39 is 6.16 Å². The Labute approximate surface area is 141 Å². The summed E-state index contributed by atoms with van der Waals surface area (Å²) in [6.45, 7) is 4.22. The molecule has 0 bridgehead atoms. The summed E-state index contributed by atoms with van der Waals surface area (Å²) in [6, 6.07) is 6.19. The third-order valence-electron chi connectivity index (χ3n) is 4.02. The average Bonchev–Trinajstić information content (AvgIpc) is 2.44. The van der Waals surface area contributed by atoms with Gasteiger partial charge in [-0.3, -0.25) is 4.79 Å². The fourth-order valence-electron chi connectivity index (χ4n) is 2.76. The van der Waals surface area contributed by atoms with E-state index in [-0.39, 0.29) is 5.91 Å². The molecule has 0 heterocycles. The molecule has 0 aliphatic heterocycles. The minimum absolute atomic E-state index is 0.0875. The molecule has 128 valence electrons. The van der Waals surface area contributed by atoms with Crippen LogP contribution in [-0.2, 0) is 11.2 Å². The monoisotopic (exact) mass is 341 g/mol. The number of halogens is 1. The van der Waals surface area contributed by atoms with E-state index in [4.69, 9.17) is 26.6 Å². The van der Waals surface area contributed by atoms with E-state index in [1.165, 1.54) is 19.3 Å². The van der Waals surface area contributed by atoms with Crippen molar-refractivity contribution in [3.8, 4) is 0 Å². The molecule has 0 radical (unpaired) electrons. The number of benzene rings is 1. The number of hydrogen-bond donors (Lipinski definition) is 3. The van der Waals surface area contributed by atoms with Crippen LogP contribution in [0.1, 0.15) is 43.7 Å². The Hall–Kier alpha value is -1.75. The molecule has 1 saturated carbocycles. The maximum atomic E-state index is 12.1. The van der Waals surface area contributed by atoms with Gasteiger partial charge in [-0.2, -0.15) is 0 Å². The largest absolute Gasteiger partial charge is 0.503 e. The summed E-state index contributed by atoms with van der Waals surface area (Å²) in [5.41, 5.74) is 2.03. The fraction of sp³-hybridized carbons (Fsp3) is 0.529. The number of carbonyl (C=O) groups excluding carboxylic acids is 1. The van der Waals surface area contributed by atoms with Crippen LogP contribution in [0.4, 0.5) is 4.79 Å². The first-order valence-electron chi connectivity index (χ1n) is 7.76. The van der Waals surface area contributed by atoms with Gasteiger partial charge in [0.1, 0.15) is 0 Å². The van der Waals surface area contributed by atoms with E-state index in [1.54, 1.807) is 0 Å². The first-order chi connectivity index (χ1) is 10.8. The zero-order valence-corrected chi connectivity index (χ0v) is 14.3. The molecule has 2 rings (SSSR count). The number of nitrogens with one attached hydrogen (secondary N) is 1. The van der Waals surface area contributed by atoms with Crippen LogP contribution in [0.3, 0.4) is 0 Å². The summed E-state index contributed by atoms with van der Waals surface area (Å²) in [5.74, 6) is 0.677. The fourth-order valence-corrected chi connectivity index (χ4v) is 3.06. The van der Waals surface area contributed by atoms with E-state index in [0.717, 1.165) is 17.5 Å². The Kier molecular flexibility index (Phi) is 7.89. The van der Waals surface area contributed by atoms with Crippen molar-refractivity contribution in [2.24, 2.45) is 5.92 Å². The molecular formula is C17H24ClNO4. The van der Waals surface area contributed by atoms with Crippen LogP contribution >= 0.6 is 11.6 Å². The number of amides is 1. The third kappa shape index (κ3) is 7.37. The Morgan fingerprint density at radius 1 is 1.26 bits per heavy atom. The summed E-state index contributed by atoms with van der Waals surface area (Å²) in [5, 5.41) is 17.8. The van der Waals surface area contributed by atoms with Gasteiger partial charge >= 0.3 is 6.16 Å². The van der Waals surface area contributed by atoms with Crippen LogP contribution in [0.5, 0.6) is 0 Å². The van der Waals surface area contributed by atoms with Crippen LogP contribution in [-0.4, -0.2) is 28.3 Å². The van der Waals surface area contributed by atoms with E-state index in [0.29, 0.717) is 23.4 Å². The highest BCUT2D eigenvalue weighted by Gasteiger charge is 2.22. The molecule has 0 spiro atoms. The normalized spacial score (nSPS) is 20.1. The Balaban J connectivity index is 0.000000593. The molecule has 2 unspecified atom stereocenters. The number of rotatable bonds is 3. The third-order valence-corrected chi connectivity index (χ3v) is 4.37. The molecular weight excluding hydrogens is 318 g/mol. The molecule has 6 heteroatoms. The lowest BCUT2D eigenvalue weighted by Crippen LogP contribution is -2.41. The van der Waals surface area contributed by atoms with Gasteiger partial charge in [-0.05, 0) is 42.9 Å². The molecule has 0 aromatic heterocycles. The minimum Gasteiger partial charge on any atom is -0.450 e. The zero-order valence-electron chi connectivity index (χ0n) is 13.5.